The molecule has 114 valence electrons. The average molecular weight is 289 g/mol. The molecule has 0 spiro atoms. The fraction of sp³-hybridized carbons (Fsp3) is 0.500. The van der Waals surface area contributed by atoms with E-state index in [0.717, 1.165) is 11.3 Å². The molecule has 1 unspecified atom stereocenters. The topological polar surface area (TPSA) is 66.6 Å². The molecule has 2 aromatic rings. The van der Waals surface area contributed by atoms with Crippen molar-refractivity contribution in [2.45, 2.75) is 33.7 Å². The van der Waals surface area contributed by atoms with Gasteiger partial charge in [-0.2, -0.15) is 0 Å². The fourth-order valence-corrected chi connectivity index (χ4v) is 2.48. The molecular formula is C16H23N3O2. The van der Waals surface area contributed by atoms with Gasteiger partial charge >= 0.3 is 5.97 Å². The van der Waals surface area contributed by atoms with Crippen LogP contribution in [0.3, 0.4) is 0 Å². The van der Waals surface area contributed by atoms with Crippen LogP contribution < -0.4 is 5.32 Å². The van der Waals surface area contributed by atoms with E-state index < -0.39 is 5.97 Å². The van der Waals surface area contributed by atoms with Gasteiger partial charge < -0.3 is 14.8 Å². The summed E-state index contributed by atoms with van der Waals surface area (Å²) in [6.45, 7) is 7.23. The highest BCUT2D eigenvalue weighted by atomic mass is 16.4. The molecule has 0 radical (unpaired) electrons. The van der Waals surface area contributed by atoms with E-state index >= 15 is 0 Å². The third-order valence-corrected chi connectivity index (χ3v) is 3.53. The zero-order valence-corrected chi connectivity index (χ0v) is 12.8. The minimum Gasteiger partial charge on any atom is -0.481 e. The highest BCUT2D eigenvalue weighted by Crippen LogP contribution is 2.12. The summed E-state index contributed by atoms with van der Waals surface area (Å²) in [5.41, 5.74) is 3.13. The Balaban J connectivity index is 1.98. The normalized spacial score (nSPS) is 13.0. The van der Waals surface area contributed by atoms with E-state index in [2.05, 4.69) is 10.3 Å². The molecule has 0 aromatic carbocycles. The van der Waals surface area contributed by atoms with Crippen LogP contribution in [0.2, 0.25) is 0 Å². The highest BCUT2D eigenvalue weighted by molar-refractivity contribution is 5.70. The van der Waals surface area contributed by atoms with Gasteiger partial charge in [0.2, 0.25) is 0 Å². The number of aryl methyl sites for hydroxylation is 1. The number of carbonyl (C=O) groups is 1. The number of aliphatic carboxylic acids is 1. The molecule has 5 heteroatoms. The maximum Gasteiger partial charge on any atom is 0.307 e. The van der Waals surface area contributed by atoms with Crippen LogP contribution in [0.1, 0.15) is 31.5 Å². The van der Waals surface area contributed by atoms with Crippen molar-refractivity contribution in [1.82, 2.24) is 14.7 Å². The number of hydrogen-bond donors (Lipinski definition) is 2. The fourth-order valence-electron chi connectivity index (χ4n) is 2.48. The van der Waals surface area contributed by atoms with Crippen LogP contribution in [0.4, 0.5) is 0 Å². The Morgan fingerprint density at radius 2 is 2.19 bits per heavy atom. The number of nitrogens with zero attached hydrogens (tertiary/aromatic N) is 2. The summed E-state index contributed by atoms with van der Waals surface area (Å²) in [5, 5.41) is 12.5. The van der Waals surface area contributed by atoms with Gasteiger partial charge in [0.05, 0.1) is 17.8 Å². The number of carboxylic acids is 1. The Hall–Kier alpha value is -1.88. The standard InChI is InChI=1S/C16H23N3O2/c1-11(2)6-13(16(20)21)7-17-8-14-9-18-15-5-4-12(3)10-19(14)15/h4-5,9-11,13,17H,6-8H2,1-3H3,(H,20,21). The zero-order chi connectivity index (χ0) is 15.4. The summed E-state index contributed by atoms with van der Waals surface area (Å²) in [6.07, 6.45) is 4.57. The van der Waals surface area contributed by atoms with Crippen molar-refractivity contribution < 1.29 is 9.90 Å². The van der Waals surface area contributed by atoms with Crippen molar-refractivity contribution >= 4 is 11.6 Å². The SMILES string of the molecule is Cc1ccc2ncc(CNCC(CC(C)C)C(=O)O)n2c1. The third-order valence-electron chi connectivity index (χ3n) is 3.53. The van der Waals surface area contributed by atoms with E-state index in [1.54, 1.807) is 0 Å². The average Bonchev–Trinajstić information content (AvgIpc) is 2.79. The Bertz CT molecular complexity index is 619. The first-order chi connectivity index (χ1) is 9.97. The number of pyridine rings is 1. The van der Waals surface area contributed by atoms with Crippen molar-refractivity contribution in [1.29, 1.82) is 0 Å². The van der Waals surface area contributed by atoms with Gasteiger partial charge in [0.15, 0.2) is 0 Å². The van der Waals surface area contributed by atoms with Crippen LogP contribution in [0.25, 0.3) is 5.65 Å². The smallest absolute Gasteiger partial charge is 0.307 e. The predicted molar refractivity (Wildman–Crippen MR) is 82.2 cm³/mol. The van der Waals surface area contributed by atoms with Crippen LogP contribution in [0.5, 0.6) is 0 Å². The van der Waals surface area contributed by atoms with Crippen molar-refractivity contribution in [2.75, 3.05) is 6.54 Å². The molecule has 1 atom stereocenters. The molecule has 5 nitrogen and oxygen atoms in total. The molecule has 2 N–H and O–H groups in total. The van der Waals surface area contributed by atoms with Crippen LogP contribution in [0.15, 0.2) is 24.5 Å². The summed E-state index contributed by atoms with van der Waals surface area (Å²) in [6, 6.07) is 4.01. The van der Waals surface area contributed by atoms with Gasteiger partial charge in [0.1, 0.15) is 5.65 Å². The lowest BCUT2D eigenvalue weighted by Gasteiger charge is -2.15. The second kappa shape index (κ2) is 6.72. The number of fused-ring (bicyclic) bond motifs is 1. The summed E-state index contributed by atoms with van der Waals surface area (Å²) in [7, 11) is 0. The first kappa shape index (κ1) is 15.5. The Kier molecular flexibility index (Phi) is 4.96. The minimum absolute atomic E-state index is 0.342. The van der Waals surface area contributed by atoms with E-state index in [9.17, 15) is 9.90 Å². The molecule has 2 heterocycles. The molecule has 2 aromatic heterocycles. The van der Waals surface area contributed by atoms with Gasteiger partial charge in [-0.15, -0.1) is 0 Å². The maximum absolute atomic E-state index is 11.2. The monoisotopic (exact) mass is 289 g/mol. The van der Waals surface area contributed by atoms with Crippen molar-refractivity contribution in [3.8, 4) is 0 Å². The lowest BCUT2D eigenvalue weighted by molar-refractivity contribution is -0.142. The van der Waals surface area contributed by atoms with Gasteiger partial charge in [-0.05, 0) is 30.9 Å². The Morgan fingerprint density at radius 1 is 1.43 bits per heavy atom. The highest BCUT2D eigenvalue weighted by Gasteiger charge is 2.18. The molecule has 0 amide bonds. The molecule has 0 fully saturated rings. The van der Waals surface area contributed by atoms with E-state index in [1.807, 2.05) is 49.7 Å². The number of aromatic nitrogens is 2. The summed E-state index contributed by atoms with van der Waals surface area (Å²) >= 11 is 0. The molecule has 0 saturated heterocycles. The van der Waals surface area contributed by atoms with E-state index in [-0.39, 0.29) is 5.92 Å². The van der Waals surface area contributed by atoms with Gasteiger partial charge in [0.25, 0.3) is 0 Å². The Morgan fingerprint density at radius 3 is 2.86 bits per heavy atom. The second-order valence-corrected chi connectivity index (χ2v) is 5.98. The lowest BCUT2D eigenvalue weighted by atomic mass is 9.97. The lowest BCUT2D eigenvalue weighted by Crippen LogP contribution is -2.29. The molecule has 0 bridgehead atoms. The number of hydrogen-bond acceptors (Lipinski definition) is 3. The largest absolute Gasteiger partial charge is 0.481 e. The number of nitrogens with one attached hydrogen (secondary N) is 1. The van der Waals surface area contributed by atoms with Crippen LogP contribution in [-0.4, -0.2) is 27.0 Å². The first-order valence-electron chi connectivity index (χ1n) is 7.33. The number of rotatable bonds is 7. The van der Waals surface area contributed by atoms with Crippen LogP contribution in [-0.2, 0) is 11.3 Å². The molecule has 0 aliphatic carbocycles. The minimum atomic E-state index is -0.731. The van der Waals surface area contributed by atoms with Crippen molar-refractivity contribution in [2.24, 2.45) is 11.8 Å². The van der Waals surface area contributed by atoms with Crippen LogP contribution in [0, 0.1) is 18.8 Å². The van der Waals surface area contributed by atoms with Gasteiger partial charge in [-0.1, -0.05) is 19.9 Å². The summed E-state index contributed by atoms with van der Waals surface area (Å²) < 4.78 is 2.04. The van der Waals surface area contributed by atoms with Gasteiger partial charge in [0, 0.05) is 19.3 Å². The second-order valence-electron chi connectivity index (χ2n) is 5.98. The number of carboxylic acid groups (broad SMARTS) is 1. The molecule has 21 heavy (non-hydrogen) atoms. The quantitative estimate of drug-likeness (QED) is 0.822. The first-order valence-corrected chi connectivity index (χ1v) is 7.33. The predicted octanol–water partition coefficient (Wildman–Crippen LogP) is 2.48. The van der Waals surface area contributed by atoms with Crippen molar-refractivity contribution in [3.05, 3.63) is 35.8 Å². The zero-order valence-electron chi connectivity index (χ0n) is 12.8. The molecule has 0 aliphatic heterocycles. The van der Waals surface area contributed by atoms with Crippen LogP contribution >= 0.6 is 0 Å². The van der Waals surface area contributed by atoms with Crippen molar-refractivity contribution in [3.63, 3.8) is 0 Å². The Labute approximate surface area is 125 Å². The maximum atomic E-state index is 11.2. The van der Waals surface area contributed by atoms with E-state index in [0.29, 0.717) is 25.4 Å². The van der Waals surface area contributed by atoms with Gasteiger partial charge in [-0.25, -0.2) is 4.98 Å². The van der Waals surface area contributed by atoms with E-state index in [1.165, 1.54) is 5.56 Å². The summed E-state index contributed by atoms with van der Waals surface area (Å²) in [4.78, 5) is 15.6. The molecule has 2 rings (SSSR count). The summed E-state index contributed by atoms with van der Waals surface area (Å²) in [5.74, 6) is -0.692. The molecule has 0 aliphatic rings. The van der Waals surface area contributed by atoms with E-state index in [4.69, 9.17) is 0 Å². The molecule has 0 saturated carbocycles. The van der Waals surface area contributed by atoms with Gasteiger partial charge in [-0.3, -0.25) is 4.79 Å². The molecular weight excluding hydrogens is 266 g/mol. The third kappa shape index (κ3) is 4.04. The number of imidazole rings is 1.